The topological polar surface area (TPSA) is 65.4 Å². The van der Waals surface area contributed by atoms with E-state index in [2.05, 4.69) is 10.4 Å². The maximum Gasteiger partial charge on any atom is 0.228 e. The maximum absolute atomic E-state index is 12.3. The standard InChI is InChI=1S/C19H19N3O3/c1-24-17-8-9-18(25-2)14(12-17)13-19(23)21-15-4-6-16(7-5-15)22-11-3-10-20-22/h3-12H,13H2,1-2H3,(H,21,23). The van der Waals surface area contributed by atoms with Gasteiger partial charge in [-0.3, -0.25) is 4.79 Å². The Labute approximate surface area is 146 Å². The Balaban J connectivity index is 1.68. The lowest BCUT2D eigenvalue weighted by atomic mass is 10.1. The number of aromatic nitrogens is 2. The quantitative estimate of drug-likeness (QED) is 0.751. The van der Waals surface area contributed by atoms with Gasteiger partial charge in [0.25, 0.3) is 0 Å². The van der Waals surface area contributed by atoms with Gasteiger partial charge in [-0.25, -0.2) is 4.68 Å². The Morgan fingerprint density at radius 1 is 1.12 bits per heavy atom. The summed E-state index contributed by atoms with van der Waals surface area (Å²) in [5.74, 6) is 1.22. The van der Waals surface area contributed by atoms with Crippen LogP contribution in [-0.4, -0.2) is 29.9 Å². The van der Waals surface area contributed by atoms with Crippen molar-refractivity contribution in [2.45, 2.75) is 6.42 Å². The zero-order chi connectivity index (χ0) is 17.6. The molecule has 0 atom stereocenters. The predicted octanol–water partition coefficient (Wildman–Crippen LogP) is 3.07. The second kappa shape index (κ2) is 7.53. The van der Waals surface area contributed by atoms with E-state index >= 15 is 0 Å². The van der Waals surface area contributed by atoms with Crippen LogP contribution in [0.4, 0.5) is 5.69 Å². The van der Waals surface area contributed by atoms with Crippen LogP contribution in [0.25, 0.3) is 5.69 Å². The second-order valence-electron chi connectivity index (χ2n) is 5.40. The summed E-state index contributed by atoms with van der Waals surface area (Å²) in [5.41, 5.74) is 2.42. The first-order valence-corrected chi connectivity index (χ1v) is 7.80. The number of carbonyl (C=O) groups is 1. The van der Waals surface area contributed by atoms with Crippen LogP contribution in [0.2, 0.25) is 0 Å². The number of amides is 1. The van der Waals surface area contributed by atoms with E-state index in [4.69, 9.17) is 9.47 Å². The molecule has 6 heteroatoms. The summed E-state index contributed by atoms with van der Waals surface area (Å²) in [7, 11) is 3.17. The fourth-order valence-electron chi connectivity index (χ4n) is 2.52. The number of hydrogen-bond donors (Lipinski definition) is 1. The molecule has 1 amide bonds. The number of ether oxygens (including phenoxy) is 2. The number of carbonyl (C=O) groups excluding carboxylic acids is 1. The van der Waals surface area contributed by atoms with Crippen molar-refractivity contribution in [2.24, 2.45) is 0 Å². The van der Waals surface area contributed by atoms with Crippen molar-refractivity contribution in [1.82, 2.24) is 9.78 Å². The van der Waals surface area contributed by atoms with Gasteiger partial charge in [0, 0.05) is 23.6 Å². The maximum atomic E-state index is 12.3. The predicted molar refractivity (Wildman–Crippen MR) is 95.4 cm³/mol. The van der Waals surface area contributed by atoms with Gasteiger partial charge in [-0.1, -0.05) is 0 Å². The molecular weight excluding hydrogens is 318 g/mol. The highest BCUT2D eigenvalue weighted by atomic mass is 16.5. The fraction of sp³-hybridized carbons (Fsp3) is 0.158. The molecule has 3 rings (SSSR count). The monoisotopic (exact) mass is 337 g/mol. The Bertz CT molecular complexity index is 843. The third-order valence-corrected chi connectivity index (χ3v) is 3.76. The molecule has 0 aliphatic heterocycles. The van der Waals surface area contributed by atoms with E-state index in [1.165, 1.54) is 0 Å². The number of benzene rings is 2. The molecule has 6 nitrogen and oxygen atoms in total. The van der Waals surface area contributed by atoms with E-state index in [0.29, 0.717) is 11.5 Å². The Morgan fingerprint density at radius 2 is 1.92 bits per heavy atom. The molecule has 0 saturated heterocycles. The van der Waals surface area contributed by atoms with Crippen molar-refractivity contribution < 1.29 is 14.3 Å². The van der Waals surface area contributed by atoms with Crippen molar-refractivity contribution in [3.8, 4) is 17.2 Å². The van der Waals surface area contributed by atoms with E-state index in [-0.39, 0.29) is 12.3 Å². The van der Waals surface area contributed by atoms with Gasteiger partial charge in [0.2, 0.25) is 5.91 Å². The van der Waals surface area contributed by atoms with Crippen molar-refractivity contribution in [3.63, 3.8) is 0 Å². The highest BCUT2D eigenvalue weighted by molar-refractivity contribution is 5.92. The molecule has 25 heavy (non-hydrogen) atoms. The Kier molecular flexibility index (Phi) is 4.99. The molecule has 1 N–H and O–H groups in total. The number of methoxy groups -OCH3 is 2. The van der Waals surface area contributed by atoms with Crippen LogP contribution in [0.15, 0.2) is 60.9 Å². The molecule has 1 heterocycles. The number of anilines is 1. The van der Waals surface area contributed by atoms with Crippen LogP contribution in [-0.2, 0) is 11.2 Å². The molecule has 0 bridgehead atoms. The lowest BCUT2D eigenvalue weighted by Gasteiger charge is -2.11. The highest BCUT2D eigenvalue weighted by Crippen LogP contribution is 2.24. The van der Waals surface area contributed by atoms with Gasteiger partial charge >= 0.3 is 0 Å². The third-order valence-electron chi connectivity index (χ3n) is 3.76. The van der Waals surface area contributed by atoms with Crippen molar-refractivity contribution >= 4 is 11.6 Å². The van der Waals surface area contributed by atoms with Crippen LogP contribution in [0.1, 0.15) is 5.56 Å². The van der Waals surface area contributed by atoms with Gasteiger partial charge in [-0.05, 0) is 48.5 Å². The molecule has 0 aliphatic rings. The second-order valence-corrected chi connectivity index (χ2v) is 5.40. The number of nitrogens with zero attached hydrogens (tertiary/aromatic N) is 2. The first-order valence-electron chi connectivity index (χ1n) is 7.80. The molecule has 0 unspecified atom stereocenters. The molecule has 0 fully saturated rings. The van der Waals surface area contributed by atoms with Crippen LogP contribution in [0.5, 0.6) is 11.5 Å². The number of nitrogens with one attached hydrogen (secondary N) is 1. The van der Waals surface area contributed by atoms with E-state index in [0.717, 1.165) is 16.9 Å². The highest BCUT2D eigenvalue weighted by Gasteiger charge is 2.11. The van der Waals surface area contributed by atoms with Crippen LogP contribution in [0.3, 0.4) is 0 Å². The van der Waals surface area contributed by atoms with Gasteiger partial charge in [-0.2, -0.15) is 5.10 Å². The van der Waals surface area contributed by atoms with Crippen LogP contribution >= 0.6 is 0 Å². The Hall–Kier alpha value is -3.28. The lowest BCUT2D eigenvalue weighted by molar-refractivity contribution is -0.115. The van der Waals surface area contributed by atoms with Gasteiger partial charge < -0.3 is 14.8 Å². The van der Waals surface area contributed by atoms with Gasteiger partial charge in [-0.15, -0.1) is 0 Å². The van der Waals surface area contributed by atoms with E-state index in [1.54, 1.807) is 43.3 Å². The molecule has 3 aromatic rings. The zero-order valence-corrected chi connectivity index (χ0v) is 14.1. The van der Waals surface area contributed by atoms with E-state index in [9.17, 15) is 4.79 Å². The van der Waals surface area contributed by atoms with Crippen LogP contribution in [0, 0.1) is 0 Å². The van der Waals surface area contributed by atoms with Crippen molar-refractivity contribution in [3.05, 3.63) is 66.5 Å². The van der Waals surface area contributed by atoms with Crippen molar-refractivity contribution in [1.29, 1.82) is 0 Å². The minimum absolute atomic E-state index is 0.126. The molecular formula is C19H19N3O3. The normalized spacial score (nSPS) is 10.3. The molecule has 2 aromatic carbocycles. The fourth-order valence-corrected chi connectivity index (χ4v) is 2.52. The van der Waals surface area contributed by atoms with Gasteiger partial charge in [0.05, 0.1) is 26.3 Å². The molecule has 0 saturated carbocycles. The summed E-state index contributed by atoms with van der Waals surface area (Å²) >= 11 is 0. The summed E-state index contributed by atoms with van der Waals surface area (Å²) in [6.45, 7) is 0. The lowest BCUT2D eigenvalue weighted by Crippen LogP contribution is -2.15. The largest absolute Gasteiger partial charge is 0.497 e. The SMILES string of the molecule is COc1ccc(OC)c(CC(=O)Nc2ccc(-n3cccn3)cc2)c1. The van der Waals surface area contributed by atoms with Gasteiger partial charge in [0.15, 0.2) is 0 Å². The molecule has 0 spiro atoms. The molecule has 128 valence electrons. The third kappa shape index (κ3) is 3.98. The summed E-state index contributed by atoms with van der Waals surface area (Å²) < 4.78 is 12.3. The first-order chi connectivity index (χ1) is 12.2. The minimum Gasteiger partial charge on any atom is -0.497 e. The summed E-state index contributed by atoms with van der Waals surface area (Å²) in [6.07, 6.45) is 3.78. The molecule has 1 aromatic heterocycles. The summed E-state index contributed by atoms with van der Waals surface area (Å²) in [6, 6.07) is 14.7. The Morgan fingerprint density at radius 3 is 2.56 bits per heavy atom. The first kappa shape index (κ1) is 16.6. The molecule has 0 radical (unpaired) electrons. The smallest absolute Gasteiger partial charge is 0.228 e. The van der Waals surface area contributed by atoms with Crippen molar-refractivity contribution in [2.75, 3.05) is 19.5 Å². The average Bonchev–Trinajstić information content (AvgIpc) is 3.17. The van der Waals surface area contributed by atoms with Crippen LogP contribution < -0.4 is 14.8 Å². The van der Waals surface area contributed by atoms with Gasteiger partial charge in [0.1, 0.15) is 11.5 Å². The zero-order valence-electron chi connectivity index (χ0n) is 14.1. The summed E-state index contributed by atoms with van der Waals surface area (Å²) in [4.78, 5) is 12.3. The van der Waals surface area contributed by atoms with E-state index in [1.807, 2.05) is 36.5 Å². The summed E-state index contributed by atoms with van der Waals surface area (Å²) in [5, 5.41) is 7.06. The molecule has 0 aliphatic carbocycles. The average molecular weight is 337 g/mol. The number of hydrogen-bond acceptors (Lipinski definition) is 4. The number of rotatable bonds is 6. The van der Waals surface area contributed by atoms with E-state index < -0.39 is 0 Å². The minimum atomic E-state index is -0.126.